The van der Waals surface area contributed by atoms with Crippen LogP contribution in [0.4, 0.5) is 13.2 Å². The molecule has 0 saturated carbocycles. The fraction of sp³-hybridized carbons (Fsp3) is 0.818. The van der Waals surface area contributed by atoms with Crippen molar-refractivity contribution in [1.29, 1.82) is 0 Å². The fourth-order valence-corrected chi connectivity index (χ4v) is 1.10. The molecule has 112 valence electrons. The average molecular weight is 283 g/mol. The Morgan fingerprint density at radius 2 is 1.74 bits per heavy atom. The Morgan fingerprint density at radius 1 is 1.11 bits per heavy atom. The Kier molecular flexibility index (Phi) is 8.13. The van der Waals surface area contributed by atoms with Crippen molar-refractivity contribution in [3.05, 3.63) is 0 Å². The molecule has 8 heteroatoms. The van der Waals surface area contributed by atoms with Crippen LogP contribution in [-0.4, -0.2) is 44.2 Å². The minimum Gasteiger partial charge on any atom is -0.356 e. The van der Waals surface area contributed by atoms with E-state index in [0.717, 1.165) is 0 Å². The van der Waals surface area contributed by atoms with E-state index in [1.165, 1.54) is 0 Å². The number of hydrogen-bond acceptors (Lipinski definition) is 3. The molecule has 0 unspecified atom stereocenters. The molecule has 0 radical (unpaired) electrons. The van der Waals surface area contributed by atoms with Crippen LogP contribution in [0.15, 0.2) is 0 Å². The van der Waals surface area contributed by atoms with Gasteiger partial charge in [-0.15, -0.1) is 0 Å². The number of rotatable bonds is 8. The Morgan fingerprint density at radius 3 is 2.26 bits per heavy atom. The zero-order valence-electron chi connectivity index (χ0n) is 11.1. The van der Waals surface area contributed by atoms with Gasteiger partial charge in [-0.2, -0.15) is 13.2 Å². The first kappa shape index (κ1) is 17.7. The molecule has 0 bridgehead atoms. The van der Waals surface area contributed by atoms with E-state index in [2.05, 4.69) is 10.6 Å². The topological polar surface area (TPSA) is 70.2 Å². The first-order valence-electron chi connectivity index (χ1n) is 6.01. The second-order valence-electron chi connectivity index (χ2n) is 4.52. The molecular weight excluding hydrogens is 263 g/mol. The molecule has 0 atom stereocenters. The smallest absolute Gasteiger partial charge is 0.356 e. The van der Waals surface area contributed by atoms with Crippen LogP contribution >= 0.6 is 0 Å². The summed E-state index contributed by atoms with van der Waals surface area (Å²) in [5, 5.41) is 6.99. The summed E-state index contributed by atoms with van der Waals surface area (Å²) in [6.45, 7) is 2.93. The molecule has 0 aromatic carbocycles. The van der Waals surface area contributed by atoms with Gasteiger partial charge in [-0.1, -0.05) is 13.8 Å². The standard InChI is InChI=1S/C11H20F3N3O2/c1-8(2)5-17-9(18)3-4-16-10(19)6-15-7-11(12,13)14/h8,15H,3-7H2,1-2H3,(H,16,19)(H,17,18). The van der Waals surface area contributed by atoms with Gasteiger partial charge in [0.1, 0.15) is 0 Å². The molecule has 2 amide bonds. The van der Waals surface area contributed by atoms with Crippen molar-refractivity contribution >= 4 is 11.8 Å². The first-order valence-corrected chi connectivity index (χ1v) is 6.01. The van der Waals surface area contributed by atoms with Crippen LogP contribution in [0.5, 0.6) is 0 Å². The molecule has 0 spiro atoms. The molecule has 0 aromatic heterocycles. The first-order chi connectivity index (χ1) is 8.70. The summed E-state index contributed by atoms with van der Waals surface area (Å²) < 4.78 is 35.3. The average Bonchev–Trinajstić information content (AvgIpc) is 2.24. The third-order valence-electron chi connectivity index (χ3n) is 1.99. The number of carbonyl (C=O) groups excluding carboxylic acids is 2. The summed E-state index contributed by atoms with van der Waals surface area (Å²) in [7, 11) is 0. The van der Waals surface area contributed by atoms with Crippen LogP contribution in [0.25, 0.3) is 0 Å². The van der Waals surface area contributed by atoms with Gasteiger partial charge in [-0.05, 0) is 5.92 Å². The van der Waals surface area contributed by atoms with Crippen molar-refractivity contribution in [3.8, 4) is 0 Å². The summed E-state index contributed by atoms with van der Waals surface area (Å²) in [6.07, 6.45) is -4.23. The predicted octanol–water partition coefficient (Wildman–Crippen LogP) is 0.417. The van der Waals surface area contributed by atoms with Crippen molar-refractivity contribution in [2.24, 2.45) is 5.92 Å². The number of amides is 2. The van der Waals surface area contributed by atoms with E-state index in [1.54, 1.807) is 0 Å². The largest absolute Gasteiger partial charge is 0.401 e. The van der Waals surface area contributed by atoms with E-state index in [1.807, 2.05) is 19.2 Å². The third kappa shape index (κ3) is 12.9. The predicted molar refractivity (Wildman–Crippen MR) is 64.4 cm³/mol. The van der Waals surface area contributed by atoms with E-state index >= 15 is 0 Å². The normalized spacial score (nSPS) is 11.5. The van der Waals surface area contributed by atoms with Crippen LogP contribution in [-0.2, 0) is 9.59 Å². The van der Waals surface area contributed by atoms with Gasteiger partial charge in [0.05, 0.1) is 13.1 Å². The lowest BCUT2D eigenvalue weighted by atomic mass is 10.2. The van der Waals surface area contributed by atoms with Crippen molar-refractivity contribution in [1.82, 2.24) is 16.0 Å². The van der Waals surface area contributed by atoms with E-state index in [0.29, 0.717) is 12.5 Å². The zero-order chi connectivity index (χ0) is 14.9. The second-order valence-corrected chi connectivity index (χ2v) is 4.52. The maximum Gasteiger partial charge on any atom is 0.401 e. The molecule has 0 aliphatic heterocycles. The van der Waals surface area contributed by atoms with E-state index in [9.17, 15) is 22.8 Å². The minimum atomic E-state index is -4.34. The Hall–Kier alpha value is -1.31. The highest BCUT2D eigenvalue weighted by Gasteiger charge is 2.26. The molecule has 5 nitrogen and oxygen atoms in total. The summed E-state index contributed by atoms with van der Waals surface area (Å²) >= 11 is 0. The lowest BCUT2D eigenvalue weighted by molar-refractivity contribution is -0.128. The molecule has 3 N–H and O–H groups in total. The Labute approximate surface area is 110 Å². The number of nitrogens with one attached hydrogen (secondary N) is 3. The van der Waals surface area contributed by atoms with Gasteiger partial charge in [0.25, 0.3) is 0 Å². The van der Waals surface area contributed by atoms with Gasteiger partial charge < -0.3 is 16.0 Å². The van der Waals surface area contributed by atoms with Gasteiger partial charge in [-0.25, -0.2) is 0 Å². The zero-order valence-corrected chi connectivity index (χ0v) is 11.1. The summed E-state index contributed by atoms with van der Waals surface area (Å²) in [5.41, 5.74) is 0. The lowest BCUT2D eigenvalue weighted by Crippen LogP contribution is -2.39. The maximum atomic E-state index is 11.8. The quantitative estimate of drug-likeness (QED) is 0.604. The molecule has 0 heterocycles. The van der Waals surface area contributed by atoms with Crippen LogP contribution < -0.4 is 16.0 Å². The summed E-state index contributed by atoms with van der Waals surface area (Å²) in [4.78, 5) is 22.4. The van der Waals surface area contributed by atoms with Gasteiger partial charge >= 0.3 is 6.18 Å². The molecule has 0 saturated heterocycles. The number of halogens is 3. The Bertz CT molecular complexity index is 293. The SMILES string of the molecule is CC(C)CNC(=O)CCNC(=O)CNCC(F)(F)F. The van der Waals surface area contributed by atoms with Crippen LogP contribution in [0.3, 0.4) is 0 Å². The highest BCUT2D eigenvalue weighted by Crippen LogP contribution is 2.11. The number of alkyl halides is 3. The highest BCUT2D eigenvalue weighted by molar-refractivity contribution is 5.80. The summed E-state index contributed by atoms with van der Waals surface area (Å²) in [6, 6.07) is 0. The van der Waals surface area contributed by atoms with Crippen molar-refractivity contribution in [2.75, 3.05) is 26.2 Å². The summed E-state index contributed by atoms with van der Waals surface area (Å²) in [5.74, 6) is -0.428. The van der Waals surface area contributed by atoms with Gasteiger partial charge in [0.2, 0.25) is 11.8 Å². The van der Waals surface area contributed by atoms with Crippen molar-refractivity contribution < 1.29 is 22.8 Å². The molecule has 0 aliphatic carbocycles. The second kappa shape index (κ2) is 8.73. The molecular formula is C11H20F3N3O2. The van der Waals surface area contributed by atoms with Gasteiger partial charge in [0, 0.05) is 19.5 Å². The molecule has 0 aliphatic rings. The van der Waals surface area contributed by atoms with E-state index in [4.69, 9.17) is 0 Å². The number of carbonyl (C=O) groups is 2. The van der Waals surface area contributed by atoms with Crippen LogP contribution in [0, 0.1) is 5.92 Å². The molecule has 0 fully saturated rings. The van der Waals surface area contributed by atoms with E-state index < -0.39 is 25.2 Å². The number of hydrogen-bond donors (Lipinski definition) is 3. The van der Waals surface area contributed by atoms with Crippen molar-refractivity contribution in [3.63, 3.8) is 0 Å². The monoisotopic (exact) mass is 283 g/mol. The third-order valence-corrected chi connectivity index (χ3v) is 1.99. The Balaban J connectivity index is 3.55. The van der Waals surface area contributed by atoms with Gasteiger partial charge in [0.15, 0.2) is 0 Å². The van der Waals surface area contributed by atoms with Crippen molar-refractivity contribution in [2.45, 2.75) is 26.4 Å². The van der Waals surface area contributed by atoms with E-state index in [-0.39, 0.29) is 18.9 Å². The van der Waals surface area contributed by atoms with Crippen LogP contribution in [0.2, 0.25) is 0 Å². The molecule has 19 heavy (non-hydrogen) atoms. The molecule has 0 rings (SSSR count). The minimum absolute atomic E-state index is 0.108. The maximum absolute atomic E-state index is 11.8. The highest BCUT2D eigenvalue weighted by atomic mass is 19.4. The fourth-order valence-electron chi connectivity index (χ4n) is 1.10. The van der Waals surface area contributed by atoms with Gasteiger partial charge in [-0.3, -0.25) is 9.59 Å². The van der Waals surface area contributed by atoms with Crippen LogP contribution in [0.1, 0.15) is 20.3 Å². The molecule has 0 aromatic rings. The lowest BCUT2D eigenvalue weighted by Gasteiger charge is -2.09.